The number of nitrogens with one attached hydrogen (secondary N) is 1. The Labute approximate surface area is 157 Å². The lowest BCUT2D eigenvalue weighted by molar-refractivity contribution is 0.0905. The summed E-state index contributed by atoms with van der Waals surface area (Å²) in [6.07, 6.45) is 1.59. The summed E-state index contributed by atoms with van der Waals surface area (Å²) in [4.78, 5) is 12.5. The van der Waals surface area contributed by atoms with E-state index in [1.165, 1.54) is 0 Å². The number of aliphatic hydroxyl groups is 1. The van der Waals surface area contributed by atoms with E-state index in [4.69, 9.17) is 16.3 Å². The first-order chi connectivity index (χ1) is 12.5. The largest absolute Gasteiger partial charge is 0.388 e. The van der Waals surface area contributed by atoms with Gasteiger partial charge in [-0.05, 0) is 37.5 Å². The third-order valence-electron chi connectivity index (χ3n) is 4.80. The Kier molecular flexibility index (Phi) is 5.90. The van der Waals surface area contributed by atoms with Crippen molar-refractivity contribution in [1.82, 2.24) is 20.1 Å². The normalized spacial score (nSPS) is 19.2. The van der Waals surface area contributed by atoms with Gasteiger partial charge in [0.25, 0.3) is 5.91 Å². The Balaban J connectivity index is 1.61. The number of aryl methyl sites for hydroxylation is 1. The van der Waals surface area contributed by atoms with E-state index in [1.807, 2.05) is 17.6 Å². The van der Waals surface area contributed by atoms with Crippen LogP contribution in [0.1, 0.15) is 46.3 Å². The maximum atomic E-state index is 12.5. The molecule has 1 aliphatic rings. The molecule has 3 rings (SSSR count). The second kappa shape index (κ2) is 8.16. The van der Waals surface area contributed by atoms with Gasteiger partial charge in [-0.25, -0.2) is 0 Å². The molecule has 0 unspecified atom stereocenters. The van der Waals surface area contributed by atoms with E-state index in [2.05, 4.69) is 15.5 Å². The van der Waals surface area contributed by atoms with Crippen molar-refractivity contribution < 1.29 is 14.6 Å². The highest BCUT2D eigenvalue weighted by Gasteiger charge is 2.35. The molecule has 1 amide bonds. The zero-order valence-electron chi connectivity index (χ0n) is 14.9. The van der Waals surface area contributed by atoms with Crippen LogP contribution >= 0.6 is 11.6 Å². The Morgan fingerprint density at radius 3 is 2.88 bits per heavy atom. The number of ether oxygens (including phenoxy) is 1. The molecule has 1 fully saturated rings. The summed E-state index contributed by atoms with van der Waals surface area (Å²) in [6, 6.07) is 5.40. The van der Waals surface area contributed by atoms with Gasteiger partial charge in [0.1, 0.15) is 12.4 Å². The fraction of sp³-hybridized carbons (Fsp3) is 0.500. The molecule has 7 nitrogen and oxygen atoms in total. The number of amides is 1. The predicted molar refractivity (Wildman–Crippen MR) is 97.2 cm³/mol. The second-order valence-electron chi connectivity index (χ2n) is 6.57. The number of carbonyl (C=O) groups is 1. The Hall–Kier alpha value is -1.96. The topological polar surface area (TPSA) is 89.3 Å². The summed E-state index contributed by atoms with van der Waals surface area (Å²) in [7, 11) is 1.63. The van der Waals surface area contributed by atoms with Crippen LogP contribution in [0.5, 0.6) is 0 Å². The van der Waals surface area contributed by atoms with E-state index in [-0.39, 0.29) is 24.5 Å². The van der Waals surface area contributed by atoms with E-state index in [0.29, 0.717) is 29.6 Å². The van der Waals surface area contributed by atoms with Crippen LogP contribution in [-0.4, -0.2) is 45.5 Å². The summed E-state index contributed by atoms with van der Waals surface area (Å²) in [6.45, 7) is 2.87. The fourth-order valence-corrected chi connectivity index (χ4v) is 3.41. The van der Waals surface area contributed by atoms with Crippen LogP contribution in [0.15, 0.2) is 18.2 Å². The summed E-state index contributed by atoms with van der Waals surface area (Å²) in [5.41, 5.74) is 1.50. The third-order valence-corrected chi connectivity index (χ3v) is 5.03. The van der Waals surface area contributed by atoms with Gasteiger partial charge in [-0.2, -0.15) is 0 Å². The first kappa shape index (κ1) is 18.8. The van der Waals surface area contributed by atoms with E-state index in [1.54, 1.807) is 19.2 Å². The molecule has 0 aliphatic heterocycles. The molecule has 0 spiro atoms. The molecule has 1 aromatic carbocycles. The van der Waals surface area contributed by atoms with Crippen molar-refractivity contribution >= 4 is 17.5 Å². The highest BCUT2D eigenvalue weighted by atomic mass is 35.5. The average Bonchev–Trinajstić information content (AvgIpc) is 3.00. The van der Waals surface area contributed by atoms with Crippen LogP contribution in [0.4, 0.5) is 0 Å². The quantitative estimate of drug-likeness (QED) is 0.769. The number of hydrogen-bond acceptors (Lipinski definition) is 5. The van der Waals surface area contributed by atoms with Crippen molar-refractivity contribution in [3.05, 3.63) is 46.0 Å². The van der Waals surface area contributed by atoms with Crippen LogP contribution in [0.3, 0.4) is 0 Å². The summed E-state index contributed by atoms with van der Waals surface area (Å²) >= 11 is 6.00. The van der Waals surface area contributed by atoms with Crippen molar-refractivity contribution in [2.45, 2.75) is 44.9 Å². The molecule has 8 heteroatoms. The number of aromatic nitrogens is 3. The van der Waals surface area contributed by atoms with Gasteiger partial charge in [-0.1, -0.05) is 17.7 Å². The first-order valence-electron chi connectivity index (χ1n) is 8.62. The second-order valence-corrected chi connectivity index (χ2v) is 7.01. The van der Waals surface area contributed by atoms with Crippen LogP contribution in [0.25, 0.3) is 0 Å². The number of nitrogens with zero attached hydrogens (tertiary/aromatic N) is 3. The maximum absolute atomic E-state index is 12.5. The van der Waals surface area contributed by atoms with Crippen LogP contribution in [0.2, 0.25) is 5.02 Å². The number of aliphatic hydroxyl groups excluding tert-OH is 1. The molecule has 1 aliphatic carbocycles. The molecule has 2 N–H and O–H groups in total. The molecule has 0 radical (unpaired) electrons. The van der Waals surface area contributed by atoms with Gasteiger partial charge in [-0.15, -0.1) is 10.2 Å². The van der Waals surface area contributed by atoms with E-state index < -0.39 is 0 Å². The zero-order chi connectivity index (χ0) is 18.7. The minimum absolute atomic E-state index is 0.0935. The molecule has 26 heavy (non-hydrogen) atoms. The number of hydrogen-bond donors (Lipinski definition) is 2. The molecule has 1 saturated carbocycles. The molecule has 2 aromatic rings. The van der Waals surface area contributed by atoms with Gasteiger partial charge in [-0.3, -0.25) is 4.79 Å². The molecule has 1 heterocycles. The lowest BCUT2D eigenvalue weighted by atomic mass is 9.79. The van der Waals surface area contributed by atoms with Gasteiger partial charge in [0.15, 0.2) is 5.82 Å². The molecular weight excluding hydrogens is 356 g/mol. The third kappa shape index (κ3) is 3.90. The maximum Gasteiger partial charge on any atom is 0.251 e. The molecule has 0 saturated heterocycles. The Morgan fingerprint density at radius 1 is 1.42 bits per heavy atom. The SMILES string of the molecule is COCCn1c(CO)nnc1C1CC(NC(=O)c2cc(Cl)ccc2C)C1. The minimum atomic E-state index is -0.155. The zero-order valence-corrected chi connectivity index (χ0v) is 15.7. The predicted octanol–water partition coefficient (Wildman–Crippen LogP) is 2.05. The molecule has 140 valence electrons. The highest BCUT2D eigenvalue weighted by molar-refractivity contribution is 6.31. The fourth-order valence-electron chi connectivity index (χ4n) is 3.24. The van der Waals surface area contributed by atoms with Crippen molar-refractivity contribution in [3.8, 4) is 0 Å². The molecule has 1 aromatic heterocycles. The monoisotopic (exact) mass is 378 g/mol. The van der Waals surface area contributed by atoms with Crippen molar-refractivity contribution in [3.63, 3.8) is 0 Å². The van der Waals surface area contributed by atoms with Crippen molar-refractivity contribution in [2.75, 3.05) is 13.7 Å². The standard InChI is InChI=1S/C18H23ClN4O3/c1-11-3-4-13(19)9-15(11)18(25)20-14-7-12(8-14)17-22-21-16(10-24)23(17)5-6-26-2/h3-4,9,12,14,24H,5-8,10H2,1-2H3,(H,20,25). The molecule has 0 atom stereocenters. The minimum Gasteiger partial charge on any atom is -0.388 e. The van der Waals surface area contributed by atoms with Gasteiger partial charge in [0.2, 0.25) is 0 Å². The number of carbonyl (C=O) groups excluding carboxylic acids is 1. The summed E-state index contributed by atoms with van der Waals surface area (Å²) in [5.74, 6) is 1.49. The molecule has 0 bridgehead atoms. The number of rotatable bonds is 7. The lowest BCUT2D eigenvalue weighted by Crippen LogP contribution is -2.44. The summed E-state index contributed by atoms with van der Waals surface area (Å²) in [5, 5.41) is 21.3. The summed E-state index contributed by atoms with van der Waals surface area (Å²) < 4.78 is 7.03. The van der Waals surface area contributed by atoms with Crippen LogP contribution in [-0.2, 0) is 17.9 Å². The van der Waals surface area contributed by atoms with Crippen molar-refractivity contribution in [1.29, 1.82) is 0 Å². The molecular formula is C18H23ClN4O3. The number of benzene rings is 1. The number of methoxy groups -OCH3 is 1. The van der Waals surface area contributed by atoms with E-state index in [0.717, 1.165) is 24.2 Å². The highest BCUT2D eigenvalue weighted by Crippen LogP contribution is 2.36. The Morgan fingerprint density at radius 2 is 2.19 bits per heavy atom. The van der Waals surface area contributed by atoms with Crippen molar-refractivity contribution in [2.24, 2.45) is 0 Å². The van der Waals surface area contributed by atoms with Gasteiger partial charge in [0, 0.05) is 36.2 Å². The lowest BCUT2D eigenvalue weighted by Gasteiger charge is -2.35. The first-order valence-corrected chi connectivity index (χ1v) is 9.00. The van der Waals surface area contributed by atoms with Gasteiger partial charge in [0.05, 0.1) is 6.61 Å². The number of halogens is 1. The van der Waals surface area contributed by atoms with Gasteiger partial charge < -0.3 is 19.7 Å². The van der Waals surface area contributed by atoms with E-state index in [9.17, 15) is 9.90 Å². The van der Waals surface area contributed by atoms with Crippen LogP contribution < -0.4 is 5.32 Å². The smallest absolute Gasteiger partial charge is 0.251 e. The Bertz CT molecular complexity index is 787. The average molecular weight is 379 g/mol. The van der Waals surface area contributed by atoms with Crippen LogP contribution in [0, 0.1) is 6.92 Å². The van der Waals surface area contributed by atoms with E-state index >= 15 is 0 Å². The van der Waals surface area contributed by atoms with Gasteiger partial charge >= 0.3 is 0 Å².